The van der Waals surface area contributed by atoms with Crippen molar-refractivity contribution in [3.63, 3.8) is 0 Å². The van der Waals surface area contributed by atoms with Crippen LogP contribution in [-0.4, -0.2) is 11.1 Å². The molecule has 0 saturated heterocycles. The molecule has 2 aromatic rings. The summed E-state index contributed by atoms with van der Waals surface area (Å²) >= 11 is 0. The summed E-state index contributed by atoms with van der Waals surface area (Å²) in [5.74, 6) is -0.0443. The Kier molecular flexibility index (Phi) is 4.41. The minimum atomic E-state index is -0.994. The molecule has 0 aliphatic heterocycles. The number of hydrogen-bond acceptors (Lipinski definition) is 2. The van der Waals surface area contributed by atoms with Crippen LogP contribution in [0, 0.1) is 0 Å². The number of carbonyl (C=O) groups is 1. The van der Waals surface area contributed by atoms with Crippen LogP contribution in [0.25, 0.3) is 0 Å². The van der Waals surface area contributed by atoms with Gasteiger partial charge in [0, 0.05) is 5.56 Å². The molecule has 2 aromatic carbocycles. The zero-order valence-electron chi connectivity index (χ0n) is 11.6. The zero-order chi connectivity index (χ0) is 14.5. The molecule has 20 heavy (non-hydrogen) atoms. The third-order valence-electron chi connectivity index (χ3n) is 3.11. The monoisotopic (exact) mass is 270 g/mol. The van der Waals surface area contributed by atoms with Gasteiger partial charge in [-0.05, 0) is 23.6 Å². The van der Waals surface area contributed by atoms with Crippen molar-refractivity contribution in [1.82, 2.24) is 0 Å². The largest absolute Gasteiger partial charge is 0.478 e. The lowest BCUT2D eigenvalue weighted by molar-refractivity contribution is -0.145. The molecule has 0 radical (unpaired) electrons. The molecule has 0 heterocycles. The van der Waals surface area contributed by atoms with E-state index in [9.17, 15) is 9.90 Å². The van der Waals surface area contributed by atoms with E-state index in [-0.39, 0.29) is 0 Å². The molecule has 0 unspecified atom stereocenters. The number of hydrogen-bond donors (Lipinski definition) is 1. The van der Waals surface area contributed by atoms with Crippen molar-refractivity contribution in [1.29, 1.82) is 0 Å². The number of carboxylic acids is 1. The molecule has 2 rings (SSSR count). The highest BCUT2D eigenvalue weighted by Gasteiger charge is 2.21. The molecule has 0 aromatic heterocycles. The number of carboxylic acid groups (broad SMARTS) is 1. The first-order valence-corrected chi connectivity index (χ1v) is 6.62. The van der Waals surface area contributed by atoms with Crippen LogP contribution in [0.4, 0.5) is 0 Å². The van der Waals surface area contributed by atoms with Gasteiger partial charge in [0.2, 0.25) is 6.10 Å². The molecule has 3 heteroatoms. The molecule has 1 atom stereocenters. The number of rotatable bonds is 5. The van der Waals surface area contributed by atoms with Gasteiger partial charge in [-0.1, -0.05) is 56.3 Å². The van der Waals surface area contributed by atoms with Crippen molar-refractivity contribution in [2.24, 2.45) is 0 Å². The van der Waals surface area contributed by atoms with E-state index in [4.69, 9.17) is 4.74 Å². The Hall–Kier alpha value is -2.29. The fraction of sp³-hybridized carbons (Fsp3) is 0.235. The highest BCUT2D eigenvalue weighted by Crippen LogP contribution is 2.25. The van der Waals surface area contributed by atoms with Crippen LogP contribution in [0.1, 0.15) is 37.0 Å². The molecular formula is C17H18O3. The molecule has 0 aliphatic rings. The third kappa shape index (κ3) is 3.38. The van der Waals surface area contributed by atoms with Crippen LogP contribution in [0.2, 0.25) is 0 Å². The summed E-state index contributed by atoms with van der Waals surface area (Å²) < 4.78 is 5.65. The van der Waals surface area contributed by atoms with E-state index in [1.807, 2.05) is 24.3 Å². The normalized spacial score (nSPS) is 12.2. The van der Waals surface area contributed by atoms with Gasteiger partial charge in [-0.3, -0.25) is 0 Å². The van der Waals surface area contributed by atoms with Crippen molar-refractivity contribution in [3.05, 3.63) is 65.7 Å². The second-order valence-electron chi connectivity index (χ2n) is 4.97. The lowest BCUT2D eigenvalue weighted by Gasteiger charge is -2.16. The van der Waals surface area contributed by atoms with Gasteiger partial charge >= 0.3 is 5.97 Å². The van der Waals surface area contributed by atoms with Crippen molar-refractivity contribution in [2.75, 3.05) is 0 Å². The maximum atomic E-state index is 11.4. The quantitative estimate of drug-likeness (QED) is 0.892. The number of aliphatic carboxylic acids is 1. The fourth-order valence-corrected chi connectivity index (χ4v) is 1.97. The minimum absolute atomic E-state index is 0.374. The van der Waals surface area contributed by atoms with Gasteiger partial charge in [0.05, 0.1) is 0 Å². The van der Waals surface area contributed by atoms with Gasteiger partial charge in [0.15, 0.2) is 0 Å². The summed E-state index contributed by atoms with van der Waals surface area (Å²) in [5, 5.41) is 9.34. The summed E-state index contributed by atoms with van der Waals surface area (Å²) in [6, 6.07) is 16.5. The van der Waals surface area contributed by atoms with Crippen LogP contribution in [0.15, 0.2) is 54.6 Å². The fourth-order valence-electron chi connectivity index (χ4n) is 1.97. The first-order chi connectivity index (χ1) is 9.58. The lowest BCUT2D eigenvalue weighted by Crippen LogP contribution is -2.18. The van der Waals surface area contributed by atoms with Gasteiger partial charge < -0.3 is 9.84 Å². The summed E-state index contributed by atoms with van der Waals surface area (Å²) in [4.78, 5) is 11.4. The Bertz CT molecular complexity index is 576. The molecular weight excluding hydrogens is 252 g/mol. The molecule has 3 nitrogen and oxygen atoms in total. The van der Waals surface area contributed by atoms with Crippen molar-refractivity contribution in [3.8, 4) is 5.75 Å². The summed E-state index contributed by atoms with van der Waals surface area (Å²) in [5.41, 5.74) is 1.76. The van der Waals surface area contributed by atoms with E-state index in [1.54, 1.807) is 30.3 Å². The van der Waals surface area contributed by atoms with Gasteiger partial charge in [0.1, 0.15) is 5.75 Å². The Balaban J connectivity index is 2.25. The number of ether oxygens (including phenoxy) is 1. The summed E-state index contributed by atoms with van der Waals surface area (Å²) in [6.07, 6.45) is -0.987. The topological polar surface area (TPSA) is 46.5 Å². The Labute approximate surface area is 118 Å². The highest BCUT2D eigenvalue weighted by atomic mass is 16.5. The Morgan fingerprint density at radius 1 is 1.00 bits per heavy atom. The first kappa shape index (κ1) is 14.1. The molecule has 0 fully saturated rings. The molecule has 1 N–H and O–H groups in total. The van der Waals surface area contributed by atoms with Crippen LogP contribution < -0.4 is 4.74 Å². The van der Waals surface area contributed by atoms with Crippen molar-refractivity contribution in [2.45, 2.75) is 25.9 Å². The lowest BCUT2D eigenvalue weighted by atomic mass is 10.0. The van der Waals surface area contributed by atoms with E-state index >= 15 is 0 Å². The van der Waals surface area contributed by atoms with Crippen molar-refractivity contribution >= 4 is 5.97 Å². The standard InChI is InChI=1S/C17H18O3/c1-12(2)14-9-6-10-15(11-14)20-16(17(18)19)13-7-4-3-5-8-13/h3-12,16H,1-2H3,(H,18,19)/t16-/m0/s1. The van der Waals surface area contributed by atoms with Gasteiger partial charge in [-0.15, -0.1) is 0 Å². The van der Waals surface area contributed by atoms with Crippen LogP contribution in [0.3, 0.4) is 0 Å². The second kappa shape index (κ2) is 6.24. The van der Waals surface area contributed by atoms with Crippen LogP contribution >= 0.6 is 0 Å². The SMILES string of the molecule is CC(C)c1cccc(O[C@H](C(=O)O)c2ccccc2)c1. The zero-order valence-corrected chi connectivity index (χ0v) is 11.6. The van der Waals surface area contributed by atoms with E-state index in [2.05, 4.69) is 13.8 Å². The third-order valence-corrected chi connectivity index (χ3v) is 3.11. The Morgan fingerprint density at radius 2 is 1.65 bits per heavy atom. The molecule has 0 amide bonds. The van der Waals surface area contributed by atoms with Gasteiger partial charge in [-0.2, -0.15) is 0 Å². The van der Waals surface area contributed by atoms with E-state index < -0.39 is 12.1 Å². The van der Waals surface area contributed by atoms with Crippen LogP contribution in [0.5, 0.6) is 5.75 Å². The first-order valence-electron chi connectivity index (χ1n) is 6.62. The minimum Gasteiger partial charge on any atom is -0.478 e. The maximum Gasteiger partial charge on any atom is 0.349 e. The number of benzene rings is 2. The van der Waals surface area contributed by atoms with E-state index in [1.165, 1.54) is 0 Å². The predicted octanol–water partition coefficient (Wildman–Crippen LogP) is 4.01. The maximum absolute atomic E-state index is 11.4. The molecule has 0 spiro atoms. The van der Waals surface area contributed by atoms with Crippen LogP contribution in [-0.2, 0) is 4.79 Å². The average Bonchev–Trinajstić information content (AvgIpc) is 2.45. The van der Waals surface area contributed by atoms with E-state index in [0.717, 1.165) is 5.56 Å². The average molecular weight is 270 g/mol. The summed E-state index contributed by atoms with van der Waals surface area (Å²) in [6.45, 7) is 4.18. The summed E-state index contributed by atoms with van der Waals surface area (Å²) in [7, 11) is 0. The van der Waals surface area contributed by atoms with Gasteiger partial charge in [0.25, 0.3) is 0 Å². The molecule has 0 bridgehead atoms. The smallest absolute Gasteiger partial charge is 0.349 e. The Morgan fingerprint density at radius 3 is 2.25 bits per heavy atom. The van der Waals surface area contributed by atoms with Crippen molar-refractivity contribution < 1.29 is 14.6 Å². The predicted molar refractivity (Wildman–Crippen MR) is 78.0 cm³/mol. The van der Waals surface area contributed by atoms with Gasteiger partial charge in [-0.25, -0.2) is 4.79 Å². The molecule has 0 saturated carbocycles. The molecule has 104 valence electrons. The second-order valence-corrected chi connectivity index (χ2v) is 4.97. The van der Waals surface area contributed by atoms with E-state index in [0.29, 0.717) is 17.2 Å². The highest BCUT2D eigenvalue weighted by molar-refractivity contribution is 5.74. The molecule has 0 aliphatic carbocycles.